The van der Waals surface area contributed by atoms with Gasteiger partial charge in [-0.1, -0.05) is 18.2 Å². The second-order valence-electron chi connectivity index (χ2n) is 4.22. The van der Waals surface area contributed by atoms with Crippen molar-refractivity contribution >= 4 is 11.7 Å². The molecule has 0 saturated carbocycles. The number of benzene rings is 1. The summed E-state index contributed by atoms with van der Waals surface area (Å²) in [7, 11) is 1.93. The Morgan fingerprint density at radius 1 is 1.33 bits per heavy atom. The first-order chi connectivity index (χ1) is 8.59. The largest absolute Gasteiger partial charge is 0.475 e. The molecule has 0 aliphatic heterocycles. The highest BCUT2D eigenvalue weighted by Gasteiger charge is 2.15. The van der Waals surface area contributed by atoms with Gasteiger partial charge < -0.3 is 14.4 Å². The molecule has 0 unspecified atom stereocenters. The van der Waals surface area contributed by atoms with E-state index in [1.54, 1.807) is 6.07 Å². The third kappa shape index (κ3) is 2.37. The van der Waals surface area contributed by atoms with Crippen molar-refractivity contribution in [2.24, 2.45) is 0 Å². The number of anilines is 1. The van der Waals surface area contributed by atoms with Crippen molar-refractivity contribution in [1.82, 2.24) is 0 Å². The molecular formula is C14H15NO3. The highest BCUT2D eigenvalue weighted by atomic mass is 16.4. The molecule has 0 bridgehead atoms. The third-order valence-corrected chi connectivity index (χ3v) is 2.88. The Bertz CT molecular complexity index is 560. The Balaban J connectivity index is 2.22. The van der Waals surface area contributed by atoms with E-state index in [-0.39, 0.29) is 5.76 Å². The van der Waals surface area contributed by atoms with Crippen molar-refractivity contribution in [3.63, 3.8) is 0 Å². The van der Waals surface area contributed by atoms with Crippen LogP contribution >= 0.6 is 0 Å². The molecule has 1 aromatic carbocycles. The lowest BCUT2D eigenvalue weighted by Crippen LogP contribution is -2.18. The Morgan fingerprint density at radius 3 is 2.72 bits per heavy atom. The Labute approximate surface area is 105 Å². The van der Waals surface area contributed by atoms with E-state index in [0.29, 0.717) is 12.1 Å². The molecule has 2 aromatic rings. The molecule has 1 heterocycles. The summed E-state index contributed by atoms with van der Waals surface area (Å²) in [5.41, 5.74) is 2.91. The number of aromatic carboxylic acids is 1. The summed E-state index contributed by atoms with van der Waals surface area (Å²) in [6.07, 6.45) is 1.41. The molecule has 0 spiro atoms. The van der Waals surface area contributed by atoms with Gasteiger partial charge in [0.2, 0.25) is 5.76 Å². The molecule has 1 N–H and O–H groups in total. The van der Waals surface area contributed by atoms with Gasteiger partial charge in [0.05, 0.1) is 6.26 Å². The zero-order valence-corrected chi connectivity index (χ0v) is 10.4. The Hall–Kier alpha value is -2.23. The van der Waals surface area contributed by atoms with Gasteiger partial charge in [0.15, 0.2) is 0 Å². The minimum absolute atomic E-state index is 0.00966. The van der Waals surface area contributed by atoms with Crippen molar-refractivity contribution < 1.29 is 14.3 Å². The molecule has 1 aromatic heterocycles. The maximum atomic E-state index is 11.0. The number of furan rings is 1. The molecule has 0 aliphatic rings. The van der Waals surface area contributed by atoms with E-state index in [4.69, 9.17) is 9.52 Å². The monoisotopic (exact) mass is 245 g/mol. The highest BCUT2D eigenvalue weighted by molar-refractivity contribution is 5.86. The number of hydrogen-bond acceptors (Lipinski definition) is 3. The lowest BCUT2D eigenvalue weighted by atomic mass is 10.1. The lowest BCUT2D eigenvalue weighted by molar-refractivity contribution is 0.0661. The fourth-order valence-electron chi connectivity index (χ4n) is 1.98. The predicted octanol–water partition coefficient (Wildman–Crippen LogP) is 2.92. The molecule has 0 radical (unpaired) electrons. The number of rotatable bonds is 4. The summed E-state index contributed by atoms with van der Waals surface area (Å²) in [6.45, 7) is 2.53. The number of nitrogens with zero attached hydrogens (tertiary/aromatic N) is 1. The van der Waals surface area contributed by atoms with E-state index in [0.717, 1.165) is 11.3 Å². The summed E-state index contributed by atoms with van der Waals surface area (Å²) in [5.74, 6) is -1.02. The third-order valence-electron chi connectivity index (χ3n) is 2.88. The van der Waals surface area contributed by atoms with Crippen LogP contribution in [-0.2, 0) is 6.54 Å². The van der Waals surface area contributed by atoms with Crippen LogP contribution in [0.3, 0.4) is 0 Å². The molecule has 0 atom stereocenters. The Kier molecular flexibility index (Phi) is 3.37. The van der Waals surface area contributed by atoms with Gasteiger partial charge in [-0.3, -0.25) is 0 Å². The van der Waals surface area contributed by atoms with Crippen LogP contribution in [0.5, 0.6) is 0 Å². The number of aryl methyl sites for hydroxylation is 1. The predicted molar refractivity (Wildman–Crippen MR) is 69.0 cm³/mol. The van der Waals surface area contributed by atoms with E-state index < -0.39 is 5.97 Å². The van der Waals surface area contributed by atoms with E-state index in [1.807, 2.05) is 43.1 Å². The average molecular weight is 245 g/mol. The number of carboxylic acids is 1. The molecule has 4 heteroatoms. The number of carbonyl (C=O) groups is 1. The van der Waals surface area contributed by atoms with Crippen molar-refractivity contribution in [3.05, 3.63) is 53.5 Å². The molecule has 2 rings (SSSR count). The smallest absolute Gasteiger partial charge is 0.372 e. The van der Waals surface area contributed by atoms with Crippen molar-refractivity contribution in [2.45, 2.75) is 13.5 Å². The molecule has 94 valence electrons. The molecule has 0 saturated heterocycles. The van der Waals surface area contributed by atoms with E-state index in [2.05, 4.69) is 0 Å². The maximum Gasteiger partial charge on any atom is 0.372 e. The molecule has 0 amide bonds. The van der Waals surface area contributed by atoms with Gasteiger partial charge >= 0.3 is 5.97 Å². The number of hydrogen-bond donors (Lipinski definition) is 1. The standard InChI is InChI=1S/C14H15NO3/c1-10-5-3-4-6-12(10)15(2)9-11-7-8-18-13(11)14(16)17/h3-8H,9H2,1-2H3,(H,16,17). The first kappa shape index (κ1) is 12.2. The van der Waals surface area contributed by atoms with Gasteiger partial charge in [-0.2, -0.15) is 0 Å². The highest BCUT2D eigenvalue weighted by Crippen LogP contribution is 2.21. The van der Waals surface area contributed by atoms with Crippen LogP contribution in [-0.4, -0.2) is 18.1 Å². The van der Waals surface area contributed by atoms with Crippen LogP contribution in [0.25, 0.3) is 0 Å². The topological polar surface area (TPSA) is 53.7 Å². The number of carboxylic acid groups (broad SMARTS) is 1. The maximum absolute atomic E-state index is 11.0. The van der Waals surface area contributed by atoms with Gasteiger partial charge in [0.25, 0.3) is 0 Å². The fraction of sp³-hybridized carbons (Fsp3) is 0.214. The Morgan fingerprint density at radius 2 is 2.06 bits per heavy atom. The van der Waals surface area contributed by atoms with Gasteiger partial charge in [0, 0.05) is 24.8 Å². The van der Waals surface area contributed by atoms with Gasteiger partial charge in [0.1, 0.15) is 0 Å². The molecular weight excluding hydrogens is 230 g/mol. The van der Waals surface area contributed by atoms with E-state index >= 15 is 0 Å². The second kappa shape index (κ2) is 4.96. The minimum Gasteiger partial charge on any atom is -0.475 e. The van der Waals surface area contributed by atoms with E-state index in [9.17, 15) is 4.79 Å². The zero-order valence-electron chi connectivity index (χ0n) is 10.4. The van der Waals surface area contributed by atoms with Crippen LogP contribution in [0, 0.1) is 6.92 Å². The SMILES string of the molecule is Cc1ccccc1N(C)Cc1ccoc1C(=O)O. The van der Waals surface area contributed by atoms with Gasteiger partial charge in [-0.05, 0) is 24.6 Å². The summed E-state index contributed by atoms with van der Waals surface area (Å²) >= 11 is 0. The van der Waals surface area contributed by atoms with Gasteiger partial charge in [-0.15, -0.1) is 0 Å². The molecule has 0 aliphatic carbocycles. The minimum atomic E-state index is -1.03. The fourth-order valence-corrected chi connectivity index (χ4v) is 1.98. The zero-order chi connectivity index (χ0) is 13.1. The van der Waals surface area contributed by atoms with Crippen LogP contribution in [0.2, 0.25) is 0 Å². The molecule has 18 heavy (non-hydrogen) atoms. The summed E-state index contributed by atoms with van der Waals surface area (Å²) in [5, 5.41) is 8.98. The second-order valence-corrected chi connectivity index (χ2v) is 4.22. The quantitative estimate of drug-likeness (QED) is 0.899. The average Bonchev–Trinajstić information content (AvgIpc) is 2.77. The van der Waals surface area contributed by atoms with Crippen molar-refractivity contribution in [1.29, 1.82) is 0 Å². The lowest BCUT2D eigenvalue weighted by Gasteiger charge is -2.20. The summed E-state index contributed by atoms with van der Waals surface area (Å²) in [6, 6.07) is 9.67. The number of para-hydroxylation sites is 1. The van der Waals surface area contributed by atoms with Crippen LogP contribution in [0.1, 0.15) is 21.7 Å². The van der Waals surface area contributed by atoms with Crippen molar-refractivity contribution in [2.75, 3.05) is 11.9 Å². The summed E-state index contributed by atoms with van der Waals surface area (Å²) in [4.78, 5) is 13.0. The van der Waals surface area contributed by atoms with Crippen molar-refractivity contribution in [3.8, 4) is 0 Å². The summed E-state index contributed by atoms with van der Waals surface area (Å²) < 4.78 is 4.97. The van der Waals surface area contributed by atoms with Crippen LogP contribution in [0.4, 0.5) is 5.69 Å². The first-order valence-electron chi connectivity index (χ1n) is 5.66. The molecule has 4 nitrogen and oxygen atoms in total. The molecule has 0 fully saturated rings. The first-order valence-corrected chi connectivity index (χ1v) is 5.66. The van der Waals surface area contributed by atoms with Crippen LogP contribution < -0.4 is 4.90 Å². The van der Waals surface area contributed by atoms with Crippen LogP contribution in [0.15, 0.2) is 41.0 Å². The van der Waals surface area contributed by atoms with E-state index in [1.165, 1.54) is 6.26 Å². The van der Waals surface area contributed by atoms with Gasteiger partial charge in [-0.25, -0.2) is 4.79 Å². The normalized spacial score (nSPS) is 10.3.